The maximum atomic E-state index is 13.2. The zero-order chi connectivity index (χ0) is 16.3. The van der Waals surface area contributed by atoms with Gasteiger partial charge in [-0.3, -0.25) is 4.79 Å². The minimum absolute atomic E-state index is 0.332. The summed E-state index contributed by atoms with van der Waals surface area (Å²) < 4.78 is 38.1. The number of hydrogen-bond donors (Lipinski definition) is 1. The van der Waals surface area contributed by atoms with Gasteiger partial charge in [0.05, 0.1) is 12.3 Å². The minimum atomic E-state index is -3.41. The maximum absolute atomic E-state index is 13.2. The van der Waals surface area contributed by atoms with Gasteiger partial charge < -0.3 is 5.32 Å². The molecular weight excluding hydrogens is 307 g/mol. The Morgan fingerprint density at radius 3 is 2.77 bits per heavy atom. The van der Waals surface area contributed by atoms with Crippen molar-refractivity contribution in [2.75, 3.05) is 12.8 Å². The Labute approximate surface area is 130 Å². The van der Waals surface area contributed by atoms with Gasteiger partial charge in [0.1, 0.15) is 11.9 Å². The number of sulfonamides is 1. The van der Waals surface area contributed by atoms with E-state index in [4.69, 9.17) is 0 Å². The van der Waals surface area contributed by atoms with Crippen molar-refractivity contribution in [1.29, 1.82) is 0 Å². The molecule has 0 radical (unpaired) electrons. The highest BCUT2D eigenvalue weighted by Crippen LogP contribution is 2.21. The number of piperidine rings is 1. The van der Waals surface area contributed by atoms with Gasteiger partial charge in [0.15, 0.2) is 0 Å². The second-order valence-electron chi connectivity index (χ2n) is 5.67. The van der Waals surface area contributed by atoms with E-state index in [1.807, 2.05) is 0 Å². The molecule has 0 aromatic heterocycles. The third kappa shape index (κ3) is 4.04. The topological polar surface area (TPSA) is 66.5 Å². The number of rotatable bonds is 4. The highest BCUT2D eigenvalue weighted by molar-refractivity contribution is 7.88. The summed E-state index contributed by atoms with van der Waals surface area (Å²) in [6.45, 7) is 2.12. The second-order valence-corrected chi connectivity index (χ2v) is 7.61. The summed E-state index contributed by atoms with van der Waals surface area (Å²) in [5.74, 6) is -0.698. The third-order valence-electron chi connectivity index (χ3n) is 3.89. The van der Waals surface area contributed by atoms with Gasteiger partial charge in [0.2, 0.25) is 15.9 Å². The Kier molecular flexibility index (Phi) is 5.18. The fraction of sp³-hybridized carbons (Fsp3) is 0.533. The summed E-state index contributed by atoms with van der Waals surface area (Å²) in [6, 6.07) is 4.94. The van der Waals surface area contributed by atoms with Gasteiger partial charge in [-0.1, -0.05) is 18.6 Å². The lowest BCUT2D eigenvalue weighted by Crippen LogP contribution is -2.51. The molecule has 1 aromatic rings. The zero-order valence-electron chi connectivity index (χ0n) is 12.8. The lowest BCUT2D eigenvalue weighted by molar-refractivity contribution is -0.126. The molecule has 1 aliphatic heterocycles. The number of carbonyl (C=O) groups excluding carboxylic acids is 1. The average Bonchev–Trinajstić information content (AvgIpc) is 2.46. The van der Waals surface area contributed by atoms with Crippen molar-refractivity contribution in [2.45, 2.75) is 38.3 Å². The number of carbonyl (C=O) groups is 1. The Morgan fingerprint density at radius 1 is 1.41 bits per heavy atom. The first kappa shape index (κ1) is 16.9. The zero-order valence-corrected chi connectivity index (χ0v) is 13.6. The number of amides is 1. The van der Waals surface area contributed by atoms with Crippen molar-refractivity contribution in [3.8, 4) is 0 Å². The van der Waals surface area contributed by atoms with Gasteiger partial charge in [0, 0.05) is 6.54 Å². The molecule has 0 saturated carbocycles. The molecule has 1 heterocycles. The van der Waals surface area contributed by atoms with Gasteiger partial charge in [-0.2, -0.15) is 4.31 Å². The van der Waals surface area contributed by atoms with Crippen LogP contribution in [0.4, 0.5) is 4.39 Å². The van der Waals surface area contributed by atoms with E-state index in [2.05, 4.69) is 5.32 Å². The molecule has 5 nitrogen and oxygen atoms in total. The van der Waals surface area contributed by atoms with Gasteiger partial charge >= 0.3 is 0 Å². The maximum Gasteiger partial charge on any atom is 0.238 e. The fourth-order valence-electron chi connectivity index (χ4n) is 2.73. The van der Waals surface area contributed by atoms with Crippen molar-refractivity contribution in [3.05, 3.63) is 35.6 Å². The molecule has 2 atom stereocenters. The molecule has 7 heteroatoms. The monoisotopic (exact) mass is 328 g/mol. The predicted octanol–water partition coefficient (Wildman–Crippen LogP) is 1.82. The molecule has 22 heavy (non-hydrogen) atoms. The van der Waals surface area contributed by atoms with Crippen LogP contribution in [0.25, 0.3) is 0 Å². The summed E-state index contributed by atoms with van der Waals surface area (Å²) in [4.78, 5) is 12.4. The number of nitrogens with zero attached hydrogens (tertiary/aromatic N) is 1. The quantitative estimate of drug-likeness (QED) is 0.917. The molecule has 0 bridgehead atoms. The molecule has 122 valence electrons. The number of benzene rings is 1. The van der Waals surface area contributed by atoms with Gasteiger partial charge in [-0.25, -0.2) is 12.8 Å². The SMILES string of the molecule is C[C@H](NC(=O)[C@H]1CCCCN1S(C)(=O)=O)c1cccc(F)c1. The van der Waals surface area contributed by atoms with E-state index in [1.165, 1.54) is 16.4 Å². The number of hydrogen-bond acceptors (Lipinski definition) is 3. The predicted molar refractivity (Wildman–Crippen MR) is 82.1 cm³/mol. The molecule has 1 amide bonds. The molecule has 1 fully saturated rings. The van der Waals surface area contributed by atoms with Crippen LogP contribution >= 0.6 is 0 Å². The van der Waals surface area contributed by atoms with Crippen LogP contribution in [0.15, 0.2) is 24.3 Å². The molecule has 0 aliphatic carbocycles. The van der Waals surface area contributed by atoms with Crippen molar-refractivity contribution in [1.82, 2.24) is 9.62 Å². The van der Waals surface area contributed by atoms with Crippen molar-refractivity contribution in [3.63, 3.8) is 0 Å². The smallest absolute Gasteiger partial charge is 0.238 e. The standard InChI is InChI=1S/C15H21FN2O3S/c1-11(12-6-5-7-13(16)10-12)17-15(19)14-8-3-4-9-18(14)22(2,20)21/h5-7,10-11,14H,3-4,8-9H2,1-2H3,(H,17,19)/t11-,14+/m0/s1. The lowest BCUT2D eigenvalue weighted by Gasteiger charge is -2.33. The fourth-order valence-corrected chi connectivity index (χ4v) is 3.86. The van der Waals surface area contributed by atoms with E-state index in [9.17, 15) is 17.6 Å². The molecule has 1 saturated heterocycles. The minimum Gasteiger partial charge on any atom is -0.348 e. The van der Waals surface area contributed by atoms with Crippen molar-refractivity contribution < 1.29 is 17.6 Å². The molecular formula is C15H21FN2O3S. The largest absolute Gasteiger partial charge is 0.348 e. The molecule has 0 unspecified atom stereocenters. The normalized spacial score (nSPS) is 21.3. The van der Waals surface area contributed by atoms with Crippen LogP contribution in [0.2, 0.25) is 0 Å². The van der Waals surface area contributed by atoms with Crippen LogP contribution in [-0.4, -0.2) is 37.5 Å². The van der Waals surface area contributed by atoms with E-state index in [-0.39, 0.29) is 17.8 Å². The number of nitrogens with one attached hydrogen (secondary N) is 1. The van der Waals surface area contributed by atoms with Gasteiger partial charge in [-0.15, -0.1) is 0 Å². The van der Waals surface area contributed by atoms with Gasteiger partial charge in [0.25, 0.3) is 0 Å². The van der Waals surface area contributed by atoms with E-state index in [0.29, 0.717) is 18.5 Å². The van der Waals surface area contributed by atoms with Crippen LogP contribution in [0.3, 0.4) is 0 Å². The second kappa shape index (κ2) is 6.75. The summed E-state index contributed by atoms with van der Waals surface area (Å²) in [5, 5.41) is 2.78. The van der Waals surface area contributed by atoms with Crippen molar-refractivity contribution >= 4 is 15.9 Å². The first-order valence-corrected chi connectivity index (χ1v) is 9.16. The Hall–Kier alpha value is -1.47. The Bertz CT molecular complexity index is 648. The summed E-state index contributed by atoms with van der Waals surface area (Å²) in [6.07, 6.45) is 3.21. The van der Waals surface area contributed by atoms with Crippen LogP contribution in [0.1, 0.15) is 37.8 Å². The molecule has 1 aliphatic rings. The summed E-state index contributed by atoms with van der Waals surface area (Å²) >= 11 is 0. The third-order valence-corrected chi connectivity index (χ3v) is 5.18. The molecule has 1 aromatic carbocycles. The summed E-state index contributed by atoms with van der Waals surface area (Å²) in [5.41, 5.74) is 0.648. The highest BCUT2D eigenvalue weighted by Gasteiger charge is 2.34. The van der Waals surface area contributed by atoms with Crippen LogP contribution < -0.4 is 5.32 Å². The Balaban J connectivity index is 2.10. The van der Waals surface area contributed by atoms with Crippen molar-refractivity contribution in [2.24, 2.45) is 0 Å². The molecule has 1 N–H and O–H groups in total. The van der Waals surface area contributed by atoms with E-state index in [1.54, 1.807) is 19.1 Å². The van der Waals surface area contributed by atoms with E-state index in [0.717, 1.165) is 19.1 Å². The number of halogens is 1. The van der Waals surface area contributed by atoms with Gasteiger partial charge in [-0.05, 0) is 37.5 Å². The van der Waals surface area contributed by atoms with Crippen LogP contribution in [0, 0.1) is 5.82 Å². The van der Waals surface area contributed by atoms with E-state index < -0.39 is 16.1 Å². The molecule has 0 spiro atoms. The average molecular weight is 328 g/mol. The van der Waals surface area contributed by atoms with Crippen LogP contribution in [-0.2, 0) is 14.8 Å². The van der Waals surface area contributed by atoms with E-state index >= 15 is 0 Å². The van der Waals surface area contributed by atoms with Crippen LogP contribution in [0.5, 0.6) is 0 Å². The first-order chi connectivity index (χ1) is 10.3. The Morgan fingerprint density at radius 2 is 2.14 bits per heavy atom. The lowest BCUT2D eigenvalue weighted by atomic mass is 10.0. The first-order valence-electron chi connectivity index (χ1n) is 7.31. The summed E-state index contributed by atoms with van der Waals surface area (Å²) in [7, 11) is -3.41. The highest BCUT2D eigenvalue weighted by atomic mass is 32.2. The molecule has 2 rings (SSSR count).